The van der Waals surface area contributed by atoms with E-state index in [0.717, 1.165) is 11.3 Å². The van der Waals surface area contributed by atoms with Gasteiger partial charge in [-0.3, -0.25) is 4.79 Å². The van der Waals surface area contributed by atoms with Crippen LogP contribution in [0.2, 0.25) is 0 Å². The summed E-state index contributed by atoms with van der Waals surface area (Å²) >= 11 is 1.59. The van der Waals surface area contributed by atoms with Gasteiger partial charge in [0.1, 0.15) is 5.76 Å². The quantitative estimate of drug-likeness (QED) is 0.674. The number of carboxylic acids is 1. The fourth-order valence-electron chi connectivity index (χ4n) is 2.26. The van der Waals surface area contributed by atoms with Gasteiger partial charge in [-0.05, 0) is 30.5 Å². The third kappa shape index (κ3) is 6.64. The summed E-state index contributed by atoms with van der Waals surface area (Å²) in [6.45, 7) is 0. The van der Waals surface area contributed by atoms with Crippen molar-refractivity contribution in [3.05, 3.63) is 66.1 Å². The number of furan rings is 1. The highest BCUT2D eigenvalue weighted by atomic mass is 32.2. The van der Waals surface area contributed by atoms with Crippen LogP contribution in [0.3, 0.4) is 0 Å². The van der Waals surface area contributed by atoms with E-state index in [-0.39, 0.29) is 11.7 Å². The standard InChI is InChI=1S/C19H22O4S/c20-17(9-4-10-19(21)22)18(24-14-16-8-5-13-23-16)12-11-15-6-2-1-3-7-15/h1-3,5-8,11-13,17-18,20H,4,9-10,14H2,(H,21,22)/b12-11+/t17-,18+/m1/s1. The van der Waals surface area contributed by atoms with Crippen LogP contribution in [0.4, 0.5) is 0 Å². The molecule has 0 aliphatic rings. The van der Waals surface area contributed by atoms with E-state index in [2.05, 4.69) is 0 Å². The number of carbonyl (C=O) groups is 1. The summed E-state index contributed by atoms with van der Waals surface area (Å²) in [7, 11) is 0. The van der Waals surface area contributed by atoms with Crippen LogP contribution >= 0.6 is 11.8 Å². The summed E-state index contributed by atoms with van der Waals surface area (Å²) in [5, 5.41) is 19.0. The zero-order valence-electron chi connectivity index (χ0n) is 13.4. The molecule has 2 N–H and O–H groups in total. The maximum atomic E-state index is 10.6. The number of hydrogen-bond donors (Lipinski definition) is 2. The molecule has 0 saturated heterocycles. The summed E-state index contributed by atoms with van der Waals surface area (Å²) in [6, 6.07) is 13.6. The van der Waals surface area contributed by atoms with E-state index in [1.54, 1.807) is 18.0 Å². The minimum atomic E-state index is -0.832. The fourth-order valence-corrected chi connectivity index (χ4v) is 3.33. The highest BCUT2D eigenvalue weighted by Gasteiger charge is 2.18. The molecular weight excluding hydrogens is 324 g/mol. The molecular formula is C19H22O4S. The lowest BCUT2D eigenvalue weighted by molar-refractivity contribution is -0.137. The number of hydrogen-bond acceptors (Lipinski definition) is 4. The van der Waals surface area contributed by atoms with Crippen LogP contribution < -0.4 is 0 Å². The van der Waals surface area contributed by atoms with Crippen molar-refractivity contribution in [3.8, 4) is 0 Å². The van der Waals surface area contributed by atoms with Gasteiger partial charge in [0.05, 0.1) is 18.1 Å². The van der Waals surface area contributed by atoms with Gasteiger partial charge in [0.2, 0.25) is 0 Å². The molecule has 2 rings (SSSR count). The van der Waals surface area contributed by atoms with Crippen LogP contribution in [-0.4, -0.2) is 27.5 Å². The van der Waals surface area contributed by atoms with Crippen LogP contribution in [0.25, 0.3) is 6.08 Å². The van der Waals surface area contributed by atoms with Crippen molar-refractivity contribution < 1.29 is 19.4 Å². The van der Waals surface area contributed by atoms with Crippen LogP contribution in [0.1, 0.15) is 30.6 Å². The number of aliphatic hydroxyl groups is 1. The Kier molecular flexibility index (Phi) is 7.65. The maximum Gasteiger partial charge on any atom is 0.303 e. The van der Waals surface area contributed by atoms with E-state index in [1.807, 2.05) is 54.6 Å². The summed E-state index contributed by atoms with van der Waals surface area (Å²) in [5.41, 5.74) is 1.07. The lowest BCUT2D eigenvalue weighted by Gasteiger charge is -2.19. The molecule has 0 aliphatic carbocycles. The normalized spacial score (nSPS) is 13.9. The average Bonchev–Trinajstić information content (AvgIpc) is 3.09. The van der Waals surface area contributed by atoms with Gasteiger partial charge in [-0.2, -0.15) is 0 Å². The lowest BCUT2D eigenvalue weighted by atomic mass is 10.1. The third-order valence-corrected chi connectivity index (χ3v) is 4.85. The Morgan fingerprint density at radius 1 is 1.21 bits per heavy atom. The van der Waals surface area contributed by atoms with Crippen molar-refractivity contribution in [2.45, 2.75) is 36.4 Å². The topological polar surface area (TPSA) is 70.7 Å². The second-order valence-corrected chi connectivity index (χ2v) is 6.64. The molecule has 24 heavy (non-hydrogen) atoms. The average molecular weight is 346 g/mol. The largest absolute Gasteiger partial charge is 0.481 e. The minimum absolute atomic E-state index is 0.0784. The molecule has 1 aromatic carbocycles. The second kappa shape index (κ2) is 10.0. The number of aliphatic hydroxyl groups excluding tert-OH is 1. The number of aliphatic carboxylic acids is 1. The van der Waals surface area contributed by atoms with Gasteiger partial charge in [0, 0.05) is 11.7 Å². The summed E-state index contributed by atoms with van der Waals surface area (Å²) in [4.78, 5) is 10.6. The Hall–Kier alpha value is -1.98. The fraction of sp³-hybridized carbons (Fsp3) is 0.316. The van der Waals surface area contributed by atoms with Crippen molar-refractivity contribution in [3.63, 3.8) is 0 Å². The molecule has 0 aliphatic heterocycles. The van der Waals surface area contributed by atoms with Gasteiger partial charge in [0.15, 0.2) is 0 Å². The first-order valence-electron chi connectivity index (χ1n) is 7.92. The van der Waals surface area contributed by atoms with Crippen molar-refractivity contribution in [2.75, 3.05) is 0 Å². The van der Waals surface area contributed by atoms with Gasteiger partial charge in [-0.15, -0.1) is 11.8 Å². The molecule has 0 fully saturated rings. The number of thioether (sulfide) groups is 1. The van der Waals surface area contributed by atoms with Gasteiger partial charge in [0.25, 0.3) is 0 Å². The summed E-state index contributed by atoms with van der Waals surface area (Å²) in [6.07, 6.45) is 6.01. The predicted octanol–water partition coefficient (Wildman–Crippen LogP) is 4.21. The molecule has 0 spiro atoms. The number of benzene rings is 1. The van der Waals surface area contributed by atoms with Gasteiger partial charge < -0.3 is 14.6 Å². The molecule has 0 unspecified atom stereocenters. The monoisotopic (exact) mass is 346 g/mol. The lowest BCUT2D eigenvalue weighted by Crippen LogP contribution is -2.21. The van der Waals surface area contributed by atoms with Crippen molar-refractivity contribution >= 4 is 23.8 Å². The molecule has 0 amide bonds. The molecule has 1 heterocycles. The van der Waals surface area contributed by atoms with Gasteiger partial charge in [-0.1, -0.05) is 42.5 Å². The Morgan fingerprint density at radius 2 is 2.00 bits per heavy atom. The molecule has 2 aromatic rings. The van der Waals surface area contributed by atoms with E-state index < -0.39 is 12.1 Å². The van der Waals surface area contributed by atoms with Crippen molar-refractivity contribution in [1.29, 1.82) is 0 Å². The van der Waals surface area contributed by atoms with Crippen LogP contribution in [0, 0.1) is 0 Å². The molecule has 128 valence electrons. The van der Waals surface area contributed by atoms with E-state index in [9.17, 15) is 9.90 Å². The smallest absolute Gasteiger partial charge is 0.303 e. The zero-order valence-corrected chi connectivity index (χ0v) is 14.2. The summed E-state index contributed by atoms with van der Waals surface area (Å²) in [5.74, 6) is 0.685. The molecule has 1 aromatic heterocycles. The van der Waals surface area contributed by atoms with E-state index >= 15 is 0 Å². The first-order valence-corrected chi connectivity index (χ1v) is 8.97. The molecule has 0 saturated carbocycles. The van der Waals surface area contributed by atoms with E-state index in [1.165, 1.54) is 0 Å². The Bertz CT molecular complexity index is 622. The Morgan fingerprint density at radius 3 is 2.67 bits per heavy atom. The highest BCUT2D eigenvalue weighted by molar-refractivity contribution is 7.99. The van der Waals surface area contributed by atoms with Crippen molar-refractivity contribution in [1.82, 2.24) is 0 Å². The number of carboxylic acid groups (broad SMARTS) is 1. The molecule has 4 nitrogen and oxygen atoms in total. The second-order valence-electron chi connectivity index (χ2n) is 5.48. The molecule has 0 radical (unpaired) electrons. The van der Waals surface area contributed by atoms with Crippen LogP contribution in [0.5, 0.6) is 0 Å². The molecule has 0 bridgehead atoms. The van der Waals surface area contributed by atoms with Gasteiger partial charge in [-0.25, -0.2) is 0 Å². The third-order valence-electron chi connectivity index (χ3n) is 3.55. The molecule has 5 heteroatoms. The first-order chi connectivity index (χ1) is 11.6. The van der Waals surface area contributed by atoms with Crippen LogP contribution in [-0.2, 0) is 10.5 Å². The Balaban J connectivity index is 1.96. The maximum absolute atomic E-state index is 10.6. The number of rotatable bonds is 10. The zero-order chi connectivity index (χ0) is 17.2. The van der Waals surface area contributed by atoms with Crippen molar-refractivity contribution in [2.24, 2.45) is 0 Å². The Labute approximate surface area is 146 Å². The first kappa shape index (κ1) is 18.4. The minimum Gasteiger partial charge on any atom is -0.481 e. The van der Waals surface area contributed by atoms with E-state index in [4.69, 9.17) is 9.52 Å². The highest BCUT2D eigenvalue weighted by Crippen LogP contribution is 2.25. The van der Waals surface area contributed by atoms with E-state index in [0.29, 0.717) is 18.6 Å². The summed E-state index contributed by atoms with van der Waals surface area (Å²) < 4.78 is 5.33. The molecule has 2 atom stereocenters. The van der Waals surface area contributed by atoms with Gasteiger partial charge >= 0.3 is 5.97 Å². The van der Waals surface area contributed by atoms with Crippen LogP contribution in [0.15, 0.2) is 59.2 Å². The SMILES string of the molecule is O=C(O)CCC[C@@H](O)[C@H](/C=C/c1ccccc1)SCc1ccco1. The predicted molar refractivity (Wildman–Crippen MR) is 96.8 cm³/mol.